The molecule has 0 unspecified atom stereocenters. The third-order valence-electron chi connectivity index (χ3n) is 1.68. The van der Waals surface area contributed by atoms with Crippen LogP contribution in [0.25, 0.3) is 9.81 Å². The summed E-state index contributed by atoms with van der Waals surface area (Å²) >= 11 is 4.86. The zero-order valence-corrected chi connectivity index (χ0v) is 11.7. The molecule has 0 aromatic carbocycles. The van der Waals surface area contributed by atoms with Crippen LogP contribution < -0.4 is 0 Å². The molecule has 0 N–H and O–H groups in total. The first-order chi connectivity index (χ1) is 7.54. The van der Waals surface area contributed by atoms with Gasteiger partial charge >= 0.3 is 0 Å². The Morgan fingerprint density at radius 2 is 1.75 bits per heavy atom. The summed E-state index contributed by atoms with van der Waals surface area (Å²) in [6.45, 7) is 17.6. The van der Waals surface area contributed by atoms with Gasteiger partial charge in [0.1, 0.15) is 0 Å². The highest BCUT2D eigenvalue weighted by Gasteiger charge is 2.06. The van der Waals surface area contributed by atoms with Gasteiger partial charge in [-0.15, -0.1) is 11.3 Å². The minimum atomic E-state index is 1.03. The molecular weight excluding hydrogens is 252 g/mol. The van der Waals surface area contributed by atoms with Crippen molar-refractivity contribution in [3.05, 3.63) is 58.5 Å². The predicted molar refractivity (Wildman–Crippen MR) is 82.6 cm³/mol. The van der Waals surface area contributed by atoms with E-state index in [0.717, 1.165) is 14.7 Å². The number of allylic oxidation sites excluding steroid dienone is 1. The number of hydrogen-bond donors (Lipinski definition) is 0. The summed E-state index contributed by atoms with van der Waals surface area (Å²) in [5.74, 6) is 0. The van der Waals surface area contributed by atoms with Crippen molar-refractivity contribution < 1.29 is 0 Å². The van der Waals surface area contributed by atoms with Crippen LogP contribution in [0.2, 0.25) is 0 Å². The average molecular weight is 266 g/mol. The molecule has 0 aliphatic heterocycles. The molecule has 0 aliphatic carbocycles. The molecule has 0 bridgehead atoms. The molecule has 0 saturated heterocycles. The minimum absolute atomic E-state index is 1.03. The fourth-order valence-electron chi connectivity index (χ4n) is 1.06. The van der Waals surface area contributed by atoms with Crippen molar-refractivity contribution in [3.63, 3.8) is 0 Å². The second-order valence-corrected chi connectivity index (χ2v) is 6.64. The van der Waals surface area contributed by atoms with E-state index in [1.54, 1.807) is 40.3 Å². The fourth-order valence-corrected chi connectivity index (χ4v) is 3.29. The summed E-state index contributed by atoms with van der Waals surface area (Å²) in [6.07, 6.45) is 0. The zero-order chi connectivity index (χ0) is 12.1. The highest BCUT2D eigenvalue weighted by molar-refractivity contribution is 8.12. The van der Waals surface area contributed by atoms with Gasteiger partial charge in [-0.2, -0.15) is 0 Å². The van der Waals surface area contributed by atoms with E-state index in [1.807, 2.05) is 6.92 Å². The van der Waals surface area contributed by atoms with Gasteiger partial charge in [0.25, 0.3) is 0 Å². The van der Waals surface area contributed by atoms with E-state index in [-0.39, 0.29) is 0 Å². The Hall–Kier alpha value is -0.640. The van der Waals surface area contributed by atoms with Crippen molar-refractivity contribution in [2.75, 3.05) is 0 Å². The summed E-state index contributed by atoms with van der Waals surface area (Å²) in [5.41, 5.74) is 0. The van der Waals surface area contributed by atoms with Crippen molar-refractivity contribution in [2.45, 2.75) is 6.92 Å². The van der Waals surface area contributed by atoms with Crippen LogP contribution in [0.5, 0.6) is 0 Å². The number of hydrogen-bond acceptors (Lipinski definition) is 3. The summed E-state index contributed by atoms with van der Waals surface area (Å²) in [4.78, 5) is 5.47. The topological polar surface area (TPSA) is 0 Å². The zero-order valence-electron chi connectivity index (χ0n) is 9.29. The van der Waals surface area contributed by atoms with E-state index < -0.39 is 0 Å². The largest absolute Gasteiger partial charge is 0.134 e. The van der Waals surface area contributed by atoms with Crippen molar-refractivity contribution in [2.24, 2.45) is 0 Å². The molecule has 0 fully saturated rings. The second kappa shape index (κ2) is 6.18. The van der Waals surface area contributed by atoms with Crippen LogP contribution in [0.4, 0.5) is 0 Å². The van der Waals surface area contributed by atoms with Crippen molar-refractivity contribution in [1.82, 2.24) is 0 Å². The summed E-state index contributed by atoms with van der Waals surface area (Å²) in [5, 5.41) is 1.79. The SMILES string of the molecule is C=CSC(=C)c1ccc(C(=C)SC(=C)C)s1. The van der Waals surface area contributed by atoms with Gasteiger partial charge < -0.3 is 0 Å². The normalized spacial score (nSPS) is 9.81. The highest BCUT2D eigenvalue weighted by atomic mass is 32.2. The van der Waals surface area contributed by atoms with E-state index in [2.05, 4.69) is 38.4 Å². The summed E-state index contributed by atoms with van der Waals surface area (Å²) in [6, 6.07) is 4.15. The first-order valence-electron chi connectivity index (χ1n) is 4.64. The molecule has 0 atom stereocenters. The Balaban J connectivity index is 2.78. The van der Waals surface area contributed by atoms with Gasteiger partial charge in [-0.25, -0.2) is 0 Å². The lowest BCUT2D eigenvalue weighted by Crippen LogP contribution is -1.69. The van der Waals surface area contributed by atoms with Crippen LogP contribution in [0.3, 0.4) is 0 Å². The van der Waals surface area contributed by atoms with Gasteiger partial charge in [-0.3, -0.25) is 0 Å². The van der Waals surface area contributed by atoms with Crippen LogP contribution >= 0.6 is 34.9 Å². The quantitative estimate of drug-likeness (QED) is 0.635. The summed E-state index contributed by atoms with van der Waals surface area (Å²) in [7, 11) is 0. The monoisotopic (exact) mass is 266 g/mol. The Morgan fingerprint density at radius 3 is 2.25 bits per heavy atom. The number of thiophene rings is 1. The maximum absolute atomic E-state index is 4.04. The molecule has 0 spiro atoms. The molecule has 16 heavy (non-hydrogen) atoms. The molecule has 84 valence electrons. The molecular formula is C13H14S3. The molecule has 1 aromatic heterocycles. The standard InChI is InChI=1S/C13H14S3/c1-6-14-10(4)12-7-8-13(16-12)11(5)15-9(2)3/h6-8H,1-2,4-5H2,3H3. The Labute approximate surface area is 110 Å². The molecule has 0 aliphatic rings. The molecule has 3 heteroatoms. The van der Waals surface area contributed by atoms with Crippen LogP contribution in [0.15, 0.2) is 48.8 Å². The lowest BCUT2D eigenvalue weighted by Gasteiger charge is -2.01. The molecule has 0 saturated carbocycles. The van der Waals surface area contributed by atoms with Crippen LogP contribution in [-0.2, 0) is 0 Å². The first-order valence-corrected chi connectivity index (χ1v) is 7.15. The lowest BCUT2D eigenvalue weighted by molar-refractivity contribution is 1.74. The van der Waals surface area contributed by atoms with Crippen LogP contribution in [0.1, 0.15) is 16.7 Å². The van der Waals surface area contributed by atoms with Crippen molar-refractivity contribution >= 4 is 44.7 Å². The second-order valence-electron chi connectivity index (χ2n) is 3.10. The van der Waals surface area contributed by atoms with Crippen LogP contribution in [-0.4, -0.2) is 0 Å². The summed E-state index contributed by atoms with van der Waals surface area (Å²) < 4.78 is 0. The number of thioether (sulfide) groups is 2. The highest BCUT2D eigenvalue weighted by Crippen LogP contribution is 2.38. The minimum Gasteiger partial charge on any atom is -0.134 e. The van der Waals surface area contributed by atoms with E-state index in [1.165, 1.54) is 9.75 Å². The lowest BCUT2D eigenvalue weighted by atomic mass is 10.4. The predicted octanol–water partition coefficient (Wildman–Crippen LogP) is 5.83. The maximum Gasteiger partial charge on any atom is 0.0410 e. The maximum atomic E-state index is 4.04. The number of rotatable bonds is 6. The molecule has 0 nitrogen and oxygen atoms in total. The van der Waals surface area contributed by atoms with Crippen molar-refractivity contribution in [3.8, 4) is 0 Å². The van der Waals surface area contributed by atoms with E-state index in [4.69, 9.17) is 0 Å². The fraction of sp³-hybridized carbons (Fsp3) is 0.0769. The molecule has 1 heterocycles. The molecule has 0 radical (unpaired) electrons. The third-order valence-corrected chi connectivity index (χ3v) is 4.63. The molecule has 1 aromatic rings. The average Bonchev–Trinajstić information content (AvgIpc) is 2.65. The Kier molecular flexibility index (Phi) is 5.19. The van der Waals surface area contributed by atoms with E-state index >= 15 is 0 Å². The van der Waals surface area contributed by atoms with Gasteiger partial charge in [0, 0.05) is 19.6 Å². The van der Waals surface area contributed by atoms with Gasteiger partial charge in [0.05, 0.1) is 0 Å². The smallest absolute Gasteiger partial charge is 0.0410 e. The molecule has 1 rings (SSSR count). The third kappa shape index (κ3) is 3.74. The van der Waals surface area contributed by atoms with E-state index in [0.29, 0.717) is 0 Å². The first kappa shape index (κ1) is 13.4. The van der Waals surface area contributed by atoms with Gasteiger partial charge in [0.2, 0.25) is 0 Å². The van der Waals surface area contributed by atoms with Crippen molar-refractivity contribution in [1.29, 1.82) is 0 Å². The van der Waals surface area contributed by atoms with Crippen LogP contribution in [0, 0.1) is 0 Å². The Morgan fingerprint density at radius 1 is 1.19 bits per heavy atom. The van der Waals surface area contributed by atoms with Gasteiger partial charge in [-0.05, 0) is 29.4 Å². The molecule has 0 amide bonds. The Bertz CT molecular complexity index is 438. The van der Waals surface area contributed by atoms with E-state index in [9.17, 15) is 0 Å². The van der Waals surface area contributed by atoms with Gasteiger partial charge in [-0.1, -0.05) is 49.8 Å². The van der Waals surface area contributed by atoms with Gasteiger partial charge in [0.15, 0.2) is 0 Å².